The molecule has 1 amide bonds. The van der Waals surface area contributed by atoms with Gasteiger partial charge in [0.05, 0.1) is 33.3 Å². The Morgan fingerprint density at radius 1 is 1.06 bits per heavy atom. The Hall–Kier alpha value is -2.89. The second-order valence-corrected chi connectivity index (χ2v) is 8.47. The van der Waals surface area contributed by atoms with Gasteiger partial charge in [0.2, 0.25) is 5.91 Å². The molecule has 0 spiro atoms. The van der Waals surface area contributed by atoms with Crippen LogP contribution >= 0.6 is 23.2 Å². The van der Waals surface area contributed by atoms with Crippen LogP contribution in [0.5, 0.6) is 0 Å². The van der Waals surface area contributed by atoms with Gasteiger partial charge in [0.25, 0.3) is 0 Å². The van der Waals surface area contributed by atoms with Crippen LogP contribution in [0, 0.1) is 0 Å². The van der Waals surface area contributed by atoms with Crippen LogP contribution in [-0.2, 0) is 17.8 Å². The van der Waals surface area contributed by atoms with E-state index in [9.17, 15) is 4.79 Å². The first-order chi connectivity index (χ1) is 15.6. The number of amides is 1. The zero-order valence-corrected chi connectivity index (χ0v) is 19.3. The van der Waals surface area contributed by atoms with Crippen molar-refractivity contribution in [2.75, 3.05) is 0 Å². The topological polar surface area (TPSA) is 59.8 Å². The van der Waals surface area contributed by atoms with Crippen molar-refractivity contribution in [1.29, 1.82) is 0 Å². The number of carbonyl (C=O) groups is 1. The molecule has 2 aromatic heterocycles. The Morgan fingerprint density at radius 2 is 1.88 bits per heavy atom. The third kappa shape index (κ3) is 4.95. The first kappa shape index (κ1) is 22.3. The molecular formula is C25H24Cl2N4O. The number of pyridine rings is 1. The zero-order chi connectivity index (χ0) is 22.5. The normalized spacial score (nSPS) is 12.1. The van der Waals surface area contributed by atoms with E-state index in [0.29, 0.717) is 29.4 Å². The Kier molecular flexibility index (Phi) is 7.08. The van der Waals surface area contributed by atoms with E-state index < -0.39 is 0 Å². The second-order valence-electron chi connectivity index (χ2n) is 7.66. The average molecular weight is 467 g/mol. The number of carbonyl (C=O) groups excluding carboxylic acids is 1. The van der Waals surface area contributed by atoms with E-state index in [1.165, 1.54) is 0 Å². The molecule has 5 nitrogen and oxygen atoms in total. The maximum atomic E-state index is 13.3. The number of halogens is 2. The van der Waals surface area contributed by atoms with E-state index in [0.717, 1.165) is 34.5 Å². The van der Waals surface area contributed by atoms with Crippen LogP contribution in [-0.4, -0.2) is 20.4 Å². The summed E-state index contributed by atoms with van der Waals surface area (Å²) in [5.41, 5.74) is 3.61. The summed E-state index contributed by atoms with van der Waals surface area (Å²) in [6.45, 7) is 2.46. The van der Waals surface area contributed by atoms with Crippen LogP contribution in [0.1, 0.15) is 42.9 Å². The fourth-order valence-electron chi connectivity index (χ4n) is 3.85. The van der Waals surface area contributed by atoms with Crippen molar-refractivity contribution < 1.29 is 4.79 Å². The molecule has 32 heavy (non-hydrogen) atoms. The summed E-state index contributed by atoms with van der Waals surface area (Å²) in [6.07, 6.45) is 3.83. The molecule has 7 heteroatoms. The smallest absolute Gasteiger partial charge is 0.243 e. The number of fused-ring (bicyclic) bond motifs is 1. The highest BCUT2D eigenvalue weighted by molar-refractivity contribution is 6.42. The van der Waals surface area contributed by atoms with Gasteiger partial charge in [-0.1, -0.05) is 60.8 Å². The summed E-state index contributed by atoms with van der Waals surface area (Å²) < 4.78 is 2.06. The summed E-state index contributed by atoms with van der Waals surface area (Å²) in [5, 5.41) is 4.08. The maximum Gasteiger partial charge on any atom is 0.243 e. The largest absolute Gasteiger partial charge is 0.349 e. The third-order valence-electron chi connectivity index (χ3n) is 5.36. The summed E-state index contributed by atoms with van der Waals surface area (Å²) in [5.74, 6) is 0.770. The monoisotopic (exact) mass is 466 g/mol. The average Bonchev–Trinajstić information content (AvgIpc) is 3.16. The first-order valence-corrected chi connectivity index (χ1v) is 11.4. The minimum Gasteiger partial charge on any atom is -0.349 e. The molecule has 2 heterocycles. The van der Waals surface area contributed by atoms with Crippen molar-refractivity contribution in [3.8, 4) is 0 Å². The van der Waals surface area contributed by atoms with Crippen molar-refractivity contribution in [3.63, 3.8) is 0 Å². The fraction of sp³-hybridized carbons (Fsp3) is 0.240. The lowest BCUT2D eigenvalue weighted by atomic mass is 10.1. The highest BCUT2D eigenvalue weighted by Gasteiger charge is 2.25. The Labute approximate surface area is 197 Å². The van der Waals surface area contributed by atoms with Crippen LogP contribution in [0.4, 0.5) is 0 Å². The van der Waals surface area contributed by atoms with E-state index in [1.54, 1.807) is 12.3 Å². The lowest BCUT2D eigenvalue weighted by Gasteiger charge is -2.21. The van der Waals surface area contributed by atoms with Crippen LogP contribution in [0.15, 0.2) is 66.9 Å². The summed E-state index contributed by atoms with van der Waals surface area (Å²) >= 11 is 12.3. The van der Waals surface area contributed by atoms with Crippen LogP contribution in [0.2, 0.25) is 10.0 Å². The standard InChI is InChI=1S/C25H24Cl2N4O/c1-2-7-23(25(32)29-16-18-8-5-6-13-28-18)31-22-10-4-3-9-21(22)30-24(31)15-17-11-12-19(26)20(27)14-17/h3-6,8-14,23H,2,7,15-16H2,1H3,(H,29,32)/t23-/m0/s1. The zero-order valence-electron chi connectivity index (χ0n) is 17.8. The van der Waals surface area contributed by atoms with Gasteiger partial charge in [-0.2, -0.15) is 0 Å². The molecule has 1 atom stereocenters. The molecule has 0 aliphatic rings. The molecule has 0 bridgehead atoms. The number of hydrogen-bond acceptors (Lipinski definition) is 3. The van der Waals surface area contributed by atoms with Gasteiger partial charge in [0.1, 0.15) is 11.9 Å². The Bertz CT molecular complexity index is 1220. The molecular weight excluding hydrogens is 443 g/mol. The van der Waals surface area contributed by atoms with Crippen molar-refractivity contribution in [2.45, 2.75) is 38.8 Å². The van der Waals surface area contributed by atoms with Crippen LogP contribution in [0.25, 0.3) is 11.0 Å². The molecule has 0 aliphatic carbocycles. The number of nitrogens with one attached hydrogen (secondary N) is 1. The molecule has 2 aromatic carbocycles. The van der Waals surface area contributed by atoms with E-state index in [1.807, 2.05) is 54.6 Å². The summed E-state index contributed by atoms with van der Waals surface area (Å²) in [4.78, 5) is 22.5. The number of nitrogens with zero attached hydrogens (tertiary/aromatic N) is 3. The SMILES string of the molecule is CCC[C@@H](C(=O)NCc1ccccn1)n1c(Cc2ccc(Cl)c(Cl)c2)nc2ccccc21. The number of para-hydroxylation sites is 2. The summed E-state index contributed by atoms with van der Waals surface area (Å²) in [7, 11) is 0. The Balaban J connectivity index is 1.69. The van der Waals surface area contributed by atoms with Gasteiger partial charge >= 0.3 is 0 Å². The molecule has 0 saturated carbocycles. The molecule has 0 aliphatic heterocycles. The number of imidazole rings is 1. The lowest BCUT2D eigenvalue weighted by Crippen LogP contribution is -2.33. The van der Waals surface area contributed by atoms with Crippen LogP contribution in [0.3, 0.4) is 0 Å². The van der Waals surface area contributed by atoms with Crippen molar-refractivity contribution in [3.05, 3.63) is 94.0 Å². The quantitative estimate of drug-likeness (QED) is 0.347. The van der Waals surface area contributed by atoms with Crippen LogP contribution < -0.4 is 5.32 Å². The van der Waals surface area contributed by atoms with E-state index in [2.05, 4.69) is 21.8 Å². The van der Waals surface area contributed by atoms with Crippen molar-refractivity contribution >= 4 is 40.1 Å². The van der Waals surface area contributed by atoms with Crippen molar-refractivity contribution in [1.82, 2.24) is 19.9 Å². The molecule has 164 valence electrons. The lowest BCUT2D eigenvalue weighted by molar-refractivity contribution is -0.124. The fourth-order valence-corrected chi connectivity index (χ4v) is 4.17. The number of hydrogen-bond donors (Lipinski definition) is 1. The molecule has 4 rings (SSSR count). The number of benzene rings is 2. The maximum absolute atomic E-state index is 13.3. The molecule has 0 unspecified atom stereocenters. The molecule has 0 fully saturated rings. The molecule has 1 N–H and O–H groups in total. The van der Waals surface area contributed by atoms with E-state index >= 15 is 0 Å². The Morgan fingerprint density at radius 3 is 2.62 bits per heavy atom. The van der Waals surface area contributed by atoms with E-state index in [4.69, 9.17) is 28.2 Å². The predicted molar refractivity (Wildman–Crippen MR) is 129 cm³/mol. The van der Waals surface area contributed by atoms with Gasteiger partial charge in [-0.25, -0.2) is 4.98 Å². The highest BCUT2D eigenvalue weighted by atomic mass is 35.5. The van der Waals surface area contributed by atoms with Gasteiger partial charge in [-0.3, -0.25) is 9.78 Å². The predicted octanol–water partition coefficient (Wildman–Crippen LogP) is 5.99. The molecule has 4 aromatic rings. The van der Waals surface area contributed by atoms with Gasteiger partial charge in [-0.05, 0) is 48.4 Å². The van der Waals surface area contributed by atoms with E-state index in [-0.39, 0.29) is 11.9 Å². The first-order valence-electron chi connectivity index (χ1n) is 10.6. The molecule has 0 radical (unpaired) electrons. The van der Waals surface area contributed by atoms with Gasteiger partial charge in [0, 0.05) is 12.6 Å². The molecule has 0 saturated heterocycles. The minimum atomic E-state index is -0.381. The third-order valence-corrected chi connectivity index (χ3v) is 6.10. The van der Waals surface area contributed by atoms with Crippen molar-refractivity contribution in [2.24, 2.45) is 0 Å². The summed E-state index contributed by atoms with van der Waals surface area (Å²) in [6, 6.07) is 18.8. The number of aromatic nitrogens is 3. The number of rotatable bonds is 8. The second kappa shape index (κ2) is 10.2. The van der Waals surface area contributed by atoms with Gasteiger partial charge in [-0.15, -0.1) is 0 Å². The van der Waals surface area contributed by atoms with Gasteiger partial charge in [0.15, 0.2) is 0 Å². The minimum absolute atomic E-state index is 0.0453. The highest BCUT2D eigenvalue weighted by Crippen LogP contribution is 2.28. The van der Waals surface area contributed by atoms with Gasteiger partial charge < -0.3 is 9.88 Å².